The second-order valence-electron chi connectivity index (χ2n) is 7.22. The van der Waals surface area contributed by atoms with Crippen molar-refractivity contribution in [2.24, 2.45) is 4.99 Å². The van der Waals surface area contributed by atoms with Crippen LogP contribution in [0.5, 0.6) is 17.2 Å². The van der Waals surface area contributed by atoms with Crippen LogP contribution in [0.25, 0.3) is 0 Å². The molecule has 0 bridgehead atoms. The highest BCUT2D eigenvalue weighted by atomic mass is 79.9. The SMILES string of the molecule is Oc1ccc(Cl)cc1[C@@H]1CC(c2ccc3c(c2)OCO3)=N[C@H](c2ccc(Br)cc2)N1. The monoisotopic (exact) mass is 484 g/mol. The standard InChI is InChI=1S/C23H18BrClN2O3/c24-15-4-1-13(2-5-15)23-26-18(14-3-8-21-22(9-14)30-12-29-21)11-19(27-23)17-10-16(25)6-7-20(17)28/h1-10,19,23,27-28H,11-12H2/t19-,23-/m0/s1. The minimum absolute atomic E-state index is 0.157. The Bertz CT molecular complexity index is 1130. The maximum Gasteiger partial charge on any atom is 0.231 e. The van der Waals surface area contributed by atoms with Gasteiger partial charge in [0.05, 0.1) is 0 Å². The van der Waals surface area contributed by atoms with Crippen LogP contribution in [0.15, 0.2) is 70.1 Å². The van der Waals surface area contributed by atoms with Crippen LogP contribution in [0.4, 0.5) is 0 Å². The van der Waals surface area contributed by atoms with Crippen LogP contribution in [-0.2, 0) is 0 Å². The Balaban J connectivity index is 1.56. The van der Waals surface area contributed by atoms with Gasteiger partial charge in [-0.25, -0.2) is 0 Å². The molecule has 2 atom stereocenters. The molecule has 3 aromatic carbocycles. The van der Waals surface area contributed by atoms with Crippen molar-refractivity contribution in [3.63, 3.8) is 0 Å². The molecule has 7 heteroatoms. The molecule has 0 radical (unpaired) electrons. The van der Waals surface area contributed by atoms with Gasteiger partial charge in [-0.15, -0.1) is 0 Å². The summed E-state index contributed by atoms with van der Waals surface area (Å²) in [5, 5.41) is 14.6. The normalized spacial score (nSPS) is 20.1. The van der Waals surface area contributed by atoms with Crippen LogP contribution in [0.2, 0.25) is 5.02 Å². The van der Waals surface area contributed by atoms with E-state index in [1.165, 1.54) is 0 Å². The van der Waals surface area contributed by atoms with E-state index in [2.05, 4.69) is 21.2 Å². The number of hydrogen-bond donors (Lipinski definition) is 2. The first-order valence-corrected chi connectivity index (χ1v) is 10.7. The van der Waals surface area contributed by atoms with Gasteiger partial charge in [0.2, 0.25) is 6.79 Å². The molecule has 3 aromatic rings. The molecule has 2 N–H and O–H groups in total. The lowest BCUT2D eigenvalue weighted by Crippen LogP contribution is -2.33. The number of ether oxygens (including phenoxy) is 2. The first-order chi connectivity index (χ1) is 14.6. The minimum atomic E-state index is -0.268. The maximum atomic E-state index is 10.5. The fraction of sp³-hybridized carbons (Fsp3) is 0.174. The van der Waals surface area contributed by atoms with Gasteiger partial charge < -0.3 is 14.6 Å². The molecule has 0 aromatic heterocycles. The van der Waals surface area contributed by atoms with Crippen molar-refractivity contribution in [1.82, 2.24) is 5.32 Å². The van der Waals surface area contributed by atoms with E-state index in [4.69, 9.17) is 26.1 Å². The van der Waals surface area contributed by atoms with Gasteiger partial charge in [0.1, 0.15) is 11.9 Å². The van der Waals surface area contributed by atoms with Crippen LogP contribution in [0.3, 0.4) is 0 Å². The third-order valence-electron chi connectivity index (χ3n) is 5.30. The fourth-order valence-electron chi connectivity index (χ4n) is 3.78. The van der Waals surface area contributed by atoms with E-state index < -0.39 is 0 Å². The van der Waals surface area contributed by atoms with Crippen molar-refractivity contribution in [2.75, 3.05) is 6.79 Å². The van der Waals surface area contributed by atoms with Gasteiger partial charge in [-0.05, 0) is 59.7 Å². The average Bonchev–Trinajstić information content (AvgIpc) is 3.23. The van der Waals surface area contributed by atoms with Gasteiger partial charge >= 0.3 is 0 Å². The Morgan fingerprint density at radius 1 is 1.00 bits per heavy atom. The Kier molecular flexibility index (Phi) is 5.15. The summed E-state index contributed by atoms with van der Waals surface area (Å²) in [6, 6.07) is 18.9. The molecular formula is C23H18BrClN2O3. The summed E-state index contributed by atoms with van der Waals surface area (Å²) in [7, 11) is 0. The first kappa shape index (κ1) is 19.4. The van der Waals surface area contributed by atoms with Gasteiger partial charge in [-0.1, -0.05) is 39.7 Å². The van der Waals surface area contributed by atoms with E-state index >= 15 is 0 Å². The van der Waals surface area contributed by atoms with Crippen molar-refractivity contribution in [2.45, 2.75) is 18.6 Å². The lowest BCUT2D eigenvalue weighted by Gasteiger charge is -2.31. The number of nitrogens with zero attached hydrogens (tertiary/aromatic N) is 1. The predicted molar refractivity (Wildman–Crippen MR) is 120 cm³/mol. The number of benzene rings is 3. The highest BCUT2D eigenvalue weighted by Gasteiger charge is 2.28. The summed E-state index contributed by atoms with van der Waals surface area (Å²) in [4.78, 5) is 4.98. The molecule has 0 spiro atoms. The van der Waals surface area contributed by atoms with Crippen LogP contribution in [0, 0.1) is 0 Å². The molecule has 5 nitrogen and oxygen atoms in total. The molecule has 5 rings (SSSR count). The van der Waals surface area contributed by atoms with Gasteiger partial charge in [-0.3, -0.25) is 10.3 Å². The van der Waals surface area contributed by atoms with Gasteiger partial charge in [-0.2, -0.15) is 0 Å². The molecule has 0 amide bonds. The molecule has 152 valence electrons. The number of fused-ring (bicyclic) bond motifs is 1. The first-order valence-electron chi connectivity index (χ1n) is 9.53. The Morgan fingerprint density at radius 2 is 1.80 bits per heavy atom. The van der Waals surface area contributed by atoms with Crippen LogP contribution in [-0.4, -0.2) is 17.6 Å². The lowest BCUT2D eigenvalue weighted by molar-refractivity contribution is 0.174. The van der Waals surface area contributed by atoms with E-state index in [-0.39, 0.29) is 24.8 Å². The molecule has 0 saturated carbocycles. The van der Waals surface area contributed by atoms with Gasteiger partial charge in [0.15, 0.2) is 11.5 Å². The molecule has 0 fully saturated rings. The van der Waals surface area contributed by atoms with E-state index in [0.717, 1.165) is 38.4 Å². The summed E-state index contributed by atoms with van der Waals surface area (Å²) >= 11 is 9.70. The fourth-order valence-corrected chi connectivity index (χ4v) is 4.22. The number of aliphatic imine (C=N–C) groups is 1. The quantitative estimate of drug-likeness (QED) is 0.495. The van der Waals surface area contributed by atoms with Gasteiger partial charge in [0, 0.05) is 33.2 Å². The number of rotatable bonds is 3. The van der Waals surface area contributed by atoms with E-state index in [1.54, 1.807) is 18.2 Å². The van der Waals surface area contributed by atoms with Crippen molar-refractivity contribution in [3.05, 3.63) is 86.8 Å². The molecule has 30 heavy (non-hydrogen) atoms. The summed E-state index contributed by atoms with van der Waals surface area (Å²) < 4.78 is 12.0. The summed E-state index contributed by atoms with van der Waals surface area (Å²) in [5.74, 6) is 1.66. The summed E-state index contributed by atoms with van der Waals surface area (Å²) in [6.45, 7) is 0.230. The number of aromatic hydroxyl groups is 1. The highest BCUT2D eigenvalue weighted by molar-refractivity contribution is 9.10. The van der Waals surface area contributed by atoms with Crippen molar-refractivity contribution < 1.29 is 14.6 Å². The third-order valence-corrected chi connectivity index (χ3v) is 6.06. The van der Waals surface area contributed by atoms with Crippen molar-refractivity contribution >= 4 is 33.2 Å². The second-order valence-corrected chi connectivity index (χ2v) is 8.58. The molecule has 2 heterocycles. The topological polar surface area (TPSA) is 63.1 Å². The van der Waals surface area contributed by atoms with Crippen LogP contribution < -0.4 is 14.8 Å². The van der Waals surface area contributed by atoms with Crippen molar-refractivity contribution in [1.29, 1.82) is 0 Å². The molecule has 2 aliphatic rings. The van der Waals surface area contributed by atoms with Crippen LogP contribution >= 0.6 is 27.5 Å². The number of phenols is 1. The molecule has 0 aliphatic carbocycles. The third kappa shape index (κ3) is 3.78. The average molecular weight is 486 g/mol. The number of hydrogen-bond acceptors (Lipinski definition) is 5. The Morgan fingerprint density at radius 3 is 2.63 bits per heavy atom. The lowest BCUT2D eigenvalue weighted by atomic mass is 9.93. The highest BCUT2D eigenvalue weighted by Crippen LogP contribution is 2.38. The molecule has 0 unspecified atom stereocenters. The van der Waals surface area contributed by atoms with E-state index in [0.29, 0.717) is 11.4 Å². The Labute approximate surface area is 187 Å². The minimum Gasteiger partial charge on any atom is -0.508 e. The largest absolute Gasteiger partial charge is 0.508 e. The molecule has 0 saturated heterocycles. The molecule has 2 aliphatic heterocycles. The molecular weight excluding hydrogens is 468 g/mol. The van der Waals surface area contributed by atoms with Crippen molar-refractivity contribution in [3.8, 4) is 17.2 Å². The zero-order valence-electron chi connectivity index (χ0n) is 15.8. The van der Waals surface area contributed by atoms with Gasteiger partial charge in [0.25, 0.3) is 0 Å². The zero-order chi connectivity index (χ0) is 20.7. The van der Waals surface area contributed by atoms with E-state index in [9.17, 15) is 5.11 Å². The summed E-state index contributed by atoms with van der Waals surface area (Å²) in [5.41, 5.74) is 3.67. The Hall–Kier alpha value is -2.54. The van der Waals surface area contributed by atoms with E-state index in [1.807, 2.05) is 42.5 Å². The predicted octanol–water partition coefficient (Wildman–Crippen LogP) is 5.76. The van der Waals surface area contributed by atoms with Crippen LogP contribution in [0.1, 0.15) is 35.3 Å². The second kappa shape index (κ2) is 7.95. The zero-order valence-corrected chi connectivity index (χ0v) is 18.2. The smallest absolute Gasteiger partial charge is 0.231 e. The number of nitrogens with one attached hydrogen (secondary N) is 1. The maximum absolute atomic E-state index is 10.5. The summed E-state index contributed by atoms with van der Waals surface area (Å²) in [6.07, 6.45) is 0.330. The number of phenolic OH excluding ortho intramolecular Hbond substituents is 1. The number of halogens is 2.